The number of nitrogens with zero attached hydrogens (tertiary/aromatic N) is 1. The number of amides is 2. The third-order valence-corrected chi connectivity index (χ3v) is 3.28. The standard InChI is InChI=1S/C13H21N3O2/c1-9(2)15-11(17)10(3)16-12(18)13(8-14)6-4-5-7-13/h9-10H,4-7H2,1-3H3,(H,15,17)(H,16,18). The Morgan fingerprint density at radius 3 is 2.17 bits per heavy atom. The van der Waals surface area contributed by atoms with Gasteiger partial charge in [-0.2, -0.15) is 5.26 Å². The summed E-state index contributed by atoms with van der Waals surface area (Å²) in [5.74, 6) is -0.529. The van der Waals surface area contributed by atoms with Crippen LogP contribution in [-0.4, -0.2) is 23.9 Å². The van der Waals surface area contributed by atoms with Crippen LogP contribution in [0.4, 0.5) is 0 Å². The smallest absolute Gasteiger partial charge is 0.242 e. The van der Waals surface area contributed by atoms with E-state index >= 15 is 0 Å². The molecular weight excluding hydrogens is 230 g/mol. The first-order valence-electron chi connectivity index (χ1n) is 6.44. The molecule has 0 bridgehead atoms. The molecule has 1 unspecified atom stereocenters. The number of carbonyl (C=O) groups is 2. The van der Waals surface area contributed by atoms with Crippen LogP contribution < -0.4 is 10.6 Å². The Labute approximate surface area is 108 Å². The third kappa shape index (κ3) is 3.22. The molecule has 1 aliphatic carbocycles. The number of nitrogens with one attached hydrogen (secondary N) is 2. The zero-order chi connectivity index (χ0) is 13.8. The van der Waals surface area contributed by atoms with Crippen molar-refractivity contribution in [2.75, 3.05) is 0 Å². The monoisotopic (exact) mass is 251 g/mol. The van der Waals surface area contributed by atoms with E-state index in [0.717, 1.165) is 12.8 Å². The van der Waals surface area contributed by atoms with Gasteiger partial charge in [0, 0.05) is 6.04 Å². The maximum absolute atomic E-state index is 12.1. The highest BCUT2D eigenvalue weighted by molar-refractivity contribution is 5.91. The summed E-state index contributed by atoms with van der Waals surface area (Å²) in [7, 11) is 0. The molecule has 1 fully saturated rings. The van der Waals surface area contributed by atoms with Crippen LogP contribution in [0.15, 0.2) is 0 Å². The van der Waals surface area contributed by atoms with E-state index in [0.29, 0.717) is 12.8 Å². The minimum atomic E-state index is -0.924. The fourth-order valence-electron chi connectivity index (χ4n) is 2.18. The molecule has 2 amide bonds. The van der Waals surface area contributed by atoms with Crippen molar-refractivity contribution >= 4 is 11.8 Å². The Hall–Kier alpha value is -1.57. The third-order valence-electron chi connectivity index (χ3n) is 3.28. The van der Waals surface area contributed by atoms with Gasteiger partial charge in [-0.05, 0) is 33.6 Å². The normalized spacial score (nSPS) is 19.1. The summed E-state index contributed by atoms with van der Waals surface area (Å²) in [4.78, 5) is 23.8. The quantitative estimate of drug-likeness (QED) is 0.785. The summed E-state index contributed by atoms with van der Waals surface area (Å²) in [5.41, 5.74) is -0.924. The second-order valence-corrected chi connectivity index (χ2v) is 5.26. The van der Waals surface area contributed by atoms with Crippen LogP contribution in [-0.2, 0) is 9.59 Å². The van der Waals surface area contributed by atoms with E-state index in [-0.39, 0.29) is 17.9 Å². The molecule has 0 aliphatic heterocycles. The van der Waals surface area contributed by atoms with Gasteiger partial charge in [-0.1, -0.05) is 12.8 Å². The van der Waals surface area contributed by atoms with Crippen molar-refractivity contribution < 1.29 is 9.59 Å². The molecule has 5 nitrogen and oxygen atoms in total. The Kier molecular flexibility index (Phi) is 4.71. The van der Waals surface area contributed by atoms with Gasteiger partial charge in [0.2, 0.25) is 11.8 Å². The van der Waals surface area contributed by atoms with Crippen molar-refractivity contribution in [1.82, 2.24) is 10.6 Å². The summed E-state index contributed by atoms with van der Waals surface area (Å²) in [5, 5.41) is 14.6. The van der Waals surface area contributed by atoms with Gasteiger partial charge in [0.05, 0.1) is 6.07 Å². The van der Waals surface area contributed by atoms with Gasteiger partial charge in [0.15, 0.2) is 0 Å². The van der Waals surface area contributed by atoms with Gasteiger partial charge >= 0.3 is 0 Å². The lowest BCUT2D eigenvalue weighted by Gasteiger charge is -2.22. The number of carbonyl (C=O) groups excluding carboxylic acids is 2. The van der Waals surface area contributed by atoms with Gasteiger partial charge in [-0.15, -0.1) is 0 Å². The minimum Gasteiger partial charge on any atom is -0.352 e. The van der Waals surface area contributed by atoms with Crippen LogP contribution in [0.2, 0.25) is 0 Å². The van der Waals surface area contributed by atoms with Crippen molar-refractivity contribution in [1.29, 1.82) is 5.26 Å². The SMILES string of the molecule is CC(C)NC(=O)C(C)NC(=O)C1(C#N)CCCC1. The van der Waals surface area contributed by atoms with Crippen molar-refractivity contribution in [3.05, 3.63) is 0 Å². The molecule has 0 saturated heterocycles. The molecule has 1 rings (SSSR count). The molecule has 0 aromatic heterocycles. The van der Waals surface area contributed by atoms with Crippen LogP contribution in [0.25, 0.3) is 0 Å². The van der Waals surface area contributed by atoms with E-state index in [2.05, 4.69) is 16.7 Å². The van der Waals surface area contributed by atoms with Crippen LogP contribution in [0.5, 0.6) is 0 Å². The van der Waals surface area contributed by atoms with Crippen molar-refractivity contribution in [3.63, 3.8) is 0 Å². The van der Waals surface area contributed by atoms with Crippen molar-refractivity contribution in [2.45, 2.75) is 58.5 Å². The molecular formula is C13H21N3O2. The van der Waals surface area contributed by atoms with E-state index in [1.807, 2.05) is 13.8 Å². The average molecular weight is 251 g/mol. The molecule has 1 aliphatic rings. The second-order valence-electron chi connectivity index (χ2n) is 5.26. The summed E-state index contributed by atoms with van der Waals surface area (Å²) >= 11 is 0. The molecule has 0 spiro atoms. The highest BCUT2D eigenvalue weighted by Crippen LogP contribution is 2.37. The number of hydrogen-bond donors (Lipinski definition) is 2. The molecule has 0 aromatic rings. The van der Waals surface area contributed by atoms with E-state index in [1.165, 1.54) is 0 Å². The molecule has 18 heavy (non-hydrogen) atoms. The maximum Gasteiger partial charge on any atom is 0.242 e. The maximum atomic E-state index is 12.1. The predicted molar refractivity (Wildman–Crippen MR) is 67.4 cm³/mol. The van der Waals surface area contributed by atoms with E-state index in [1.54, 1.807) is 6.92 Å². The van der Waals surface area contributed by atoms with E-state index in [9.17, 15) is 14.9 Å². The summed E-state index contributed by atoms with van der Waals surface area (Å²) in [6.07, 6.45) is 2.98. The predicted octanol–water partition coefficient (Wildman–Crippen LogP) is 1.10. The van der Waals surface area contributed by atoms with Crippen LogP contribution in [0.3, 0.4) is 0 Å². The van der Waals surface area contributed by atoms with Crippen LogP contribution >= 0.6 is 0 Å². The molecule has 2 N–H and O–H groups in total. The lowest BCUT2D eigenvalue weighted by molar-refractivity contribution is -0.133. The molecule has 1 atom stereocenters. The van der Waals surface area contributed by atoms with E-state index in [4.69, 9.17) is 0 Å². The van der Waals surface area contributed by atoms with Gasteiger partial charge in [0.25, 0.3) is 0 Å². The molecule has 0 aromatic carbocycles. The lowest BCUT2D eigenvalue weighted by Crippen LogP contribution is -2.50. The van der Waals surface area contributed by atoms with E-state index < -0.39 is 11.5 Å². The second kappa shape index (κ2) is 5.85. The Bertz CT molecular complexity index is 365. The molecule has 0 radical (unpaired) electrons. The van der Waals surface area contributed by atoms with Gasteiger partial charge in [-0.25, -0.2) is 0 Å². The topological polar surface area (TPSA) is 82.0 Å². The fraction of sp³-hybridized carbons (Fsp3) is 0.769. The number of nitriles is 1. The molecule has 0 heterocycles. The Morgan fingerprint density at radius 1 is 1.17 bits per heavy atom. The highest BCUT2D eigenvalue weighted by atomic mass is 16.2. The van der Waals surface area contributed by atoms with Crippen molar-refractivity contribution in [3.8, 4) is 6.07 Å². The number of hydrogen-bond acceptors (Lipinski definition) is 3. The summed E-state index contributed by atoms with van der Waals surface area (Å²) in [6, 6.07) is 1.55. The summed E-state index contributed by atoms with van der Waals surface area (Å²) in [6.45, 7) is 5.36. The highest BCUT2D eigenvalue weighted by Gasteiger charge is 2.42. The average Bonchev–Trinajstić information content (AvgIpc) is 2.77. The van der Waals surface area contributed by atoms with Gasteiger partial charge in [0.1, 0.15) is 11.5 Å². The fourth-order valence-corrected chi connectivity index (χ4v) is 2.18. The molecule has 100 valence electrons. The molecule has 1 saturated carbocycles. The van der Waals surface area contributed by atoms with Crippen LogP contribution in [0, 0.1) is 16.7 Å². The first kappa shape index (κ1) is 14.5. The van der Waals surface area contributed by atoms with Crippen molar-refractivity contribution in [2.24, 2.45) is 5.41 Å². The molecule has 5 heteroatoms. The zero-order valence-corrected chi connectivity index (χ0v) is 11.2. The lowest BCUT2D eigenvalue weighted by atomic mass is 9.87. The minimum absolute atomic E-state index is 0.0354. The van der Waals surface area contributed by atoms with Crippen LogP contribution in [0.1, 0.15) is 46.5 Å². The Morgan fingerprint density at radius 2 is 1.72 bits per heavy atom. The largest absolute Gasteiger partial charge is 0.352 e. The van der Waals surface area contributed by atoms with Gasteiger partial charge < -0.3 is 10.6 Å². The number of rotatable bonds is 4. The van der Waals surface area contributed by atoms with Gasteiger partial charge in [-0.3, -0.25) is 9.59 Å². The summed E-state index contributed by atoms with van der Waals surface area (Å²) < 4.78 is 0. The first-order chi connectivity index (χ1) is 8.41. The first-order valence-corrected chi connectivity index (χ1v) is 6.44. The zero-order valence-electron chi connectivity index (χ0n) is 11.2. The Balaban J connectivity index is 2.59.